The summed E-state index contributed by atoms with van der Waals surface area (Å²) in [5.74, 6) is -0.508. The number of nitrogens with zero attached hydrogens (tertiary/aromatic N) is 2. The van der Waals surface area contributed by atoms with Gasteiger partial charge in [0.15, 0.2) is 5.69 Å². The number of ether oxygens (including phenoxy) is 1. The van der Waals surface area contributed by atoms with E-state index in [0.717, 1.165) is 11.1 Å². The van der Waals surface area contributed by atoms with E-state index in [4.69, 9.17) is 5.73 Å². The van der Waals surface area contributed by atoms with Crippen LogP contribution >= 0.6 is 0 Å². The molecule has 3 rings (SSSR count). The lowest BCUT2D eigenvalue weighted by Crippen LogP contribution is -2.04. The summed E-state index contributed by atoms with van der Waals surface area (Å²) in [6.07, 6.45) is 5.13. The summed E-state index contributed by atoms with van der Waals surface area (Å²) in [6.45, 7) is 0. The van der Waals surface area contributed by atoms with Crippen LogP contribution < -0.4 is 5.73 Å². The van der Waals surface area contributed by atoms with E-state index >= 15 is 0 Å². The molecule has 0 radical (unpaired) electrons. The summed E-state index contributed by atoms with van der Waals surface area (Å²) >= 11 is 0. The molecule has 0 unspecified atom stereocenters. The lowest BCUT2D eigenvalue weighted by atomic mass is 10.1. The highest BCUT2D eigenvalue weighted by atomic mass is 16.5. The first-order valence-corrected chi connectivity index (χ1v) is 5.96. The van der Waals surface area contributed by atoms with Crippen LogP contribution in [0.1, 0.15) is 10.5 Å². The minimum atomic E-state index is -0.508. The van der Waals surface area contributed by atoms with Crippen molar-refractivity contribution in [1.82, 2.24) is 15.0 Å². The van der Waals surface area contributed by atoms with Crippen molar-refractivity contribution < 1.29 is 9.53 Å². The van der Waals surface area contributed by atoms with Crippen molar-refractivity contribution >= 4 is 22.7 Å². The molecule has 3 N–H and O–H groups in total. The Hall–Kier alpha value is -2.89. The summed E-state index contributed by atoms with van der Waals surface area (Å²) < 4.78 is 4.68. The van der Waals surface area contributed by atoms with Crippen LogP contribution in [0.15, 0.2) is 36.8 Å². The Balaban J connectivity index is 2.17. The predicted molar refractivity (Wildman–Crippen MR) is 75.1 cm³/mol. The van der Waals surface area contributed by atoms with Crippen LogP contribution in [-0.2, 0) is 4.74 Å². The Labute approximate surface area is 114 Å². The third kappa shape index (κ3) is 1.87. The van der Waals surface area contributed by atoms with Gasteiger partial charge in [-0.25, -0.2) is 9.78 Å². The summed E-state index contributed by atoms with van der Waals surface area (Å²) in [5, 5.41) is 0.694. The zero-order chi connectivity index (χ0) is 14.1. The Morgan fingerprint density at radius 1 is 1.30 bits per heavy atom. The van der Waals surface area contributed by atoms with Gasteiger partial charge in [0.2, 0.25) is 0 Å². The van der Waals surface area contributed by atoms with Crippen molar-refractivity contribution in [3.63, 3.8) is 0 Å². The fraction of sp³-hybridized carbons (Fsp3) is 0.0714. The molecule has 100 valence electrons. The van der Waals surface area contributed by atoms with E-state index in [2.05, 4.69) is 19.7 Å². The molecule has 0 aliphatic heterocycles. The number of aromatic amines is 1. The largest absolute Gasteiger partial charge is 0.464 e. The summed E-state index contributed by atoms with van der Waals surface area (Å²) in [6, 6.07) is 5.65. The van der Waals surface area contributed by atoms with Crippen molar-refractivity contribution in [3.8, 4) is 11.1 Å². The minimum absolute atomic E-state index is 0.224. The minimum Gasteiger partial charge on any atom is -0.464 e. The molecule has 3 heterocycles. The van der Waals surface area contributed by atoms with Crippen LogP contribution in [0.4, 0.5) is 5.69 Å². The predicted octanol–water partition coefficient (Wildman–Crippen LogP) is 1.99. The second-order valence-electron chi connectivity index (χ2n) is 4.26. The van der Waals surface area contributed by atoms with E-state index in [0.29, 0.717) is 16.7 Å². The third-order valence-corrected chi connectivity index (χ3v) is 3.09. The third-order valence-electron chi connectivity index (χ3n) is 3.09. The SMILES string of the molecule is COC(=O)c1[nH]c2ncc(-c3ccncc3)cc2c1N. The fourth-order valence-electron chi connectivity index (χ4n) is 2.06. The van der Waals surface area contributed by atoms with Crippen molar-refractivity contribution in [1.29, 1.82) is 0 Å². The molecule has 0 aliphatic carbocycles. The van der Waals surface area contributed by atoms with Gasteiger partial charge < -0.3 is 15.5 Å². The molecular formula is C14H12N4O2. The molecule has 0 atom stereocenters. The number of fused-ring (bicyclic) bond motifs is 1. The van der Waals surface area contributed by atoms with Crippen molar-refractivity contribution in [3.05, 3.63) is 42.5 Å². The maximum atomic E-state index is 11.6. The second-order valence-corrected chi connectivity index (χ2v) is 4.26. The standard InChI is InChI=1S/C14H12N4O2/c1-20-14(19)12-11(15)10-6-9(7-17-13(10)18-12)8-2-4-16-5-3-8/h2-7H,15H2,1H3,(H,17,18). The van der Waals surface area contributed by atoms with Gasteiger partial charge in [-0.05, 0) is 23.8 Å². The number of nitrogens with one attached hydrogen (secondary N) is 1. The summed E-state index contributed by atoms with van der Waals surface area (Å²) in [4.78, 5) is 22.7. The Morgan fingerprint density at radius 3 is 2.75 bits per heavy atom. The highest BCUT2D eigenvalue weighted by Gasteiger charge is 2.17. The molecule has 0 aromatic carbocycles. The van der Waals surface area contributed by atoms with Gasteiger partial charge in [0.25, 0.3) is 0 Å². The highest BCUT2D eigenvalue weighted by molar-refractivity contribution is 6.05. The van der Waals surface area contributed by atoms with E-state index in [-0.39, 0.29) is 5.69 Å². The van der Waals surface area contributed by atoms with Crippen molar-refractivity contribution in [2.24, 2.45) is 0 Å². The van der Waals surface area contributed by atoms with Gasteiger partial charge in [0.05, 0.1) is 12.8 Å². The Morgan fingerprint density at radius 2 is 2.05 bits per heavy atom. The van der Waals surface area contributed by atoms with E-state index in [1.165, 1.54) is 7.11 Å². The van der Waals surface area contributed by atoms with Crippen LogP contribution in [0.5, 0.6) is 0 Å². The first-order valence-electron chi connectivity index (χ1n) is 5.96. The molecule has 0 saturated heterocycles. The fourth-order valence-corrected chi connectivity index (χ4v) is 2.06. The van der Waals surface area contributed by atoms with Gasteiger partial charge in [0.1, 0.15) is 5.65 Å². The summed E-state index contributed by atoms with van der Waals surface area (Å²) in [5.41, 5.74) is 8.99. The molecule has 6 nitrogen and oxygen atoms in total. The lowest BCUT2D eigenvalue weighted by molar-refractivity contribution is 0.0596. The number of aromatic nitrogens is 3. The van der Waals surface area contributed by atoms with E-state index < -0.39 is 5.97 Å². The van der Waals surface area contributed by atoms with Gasteiger partial charge in [-0.15, -0.1) is 0 Å². The van der Waals surface area contributed by atoms with Gasteiger partial charge in [-0.1, -0.05) is 0 Å². The molecule has 0 saturated carbocycles. The van der Waals surface area contributed by atoms with Crippen LogP contribution in [-0.4, -0.2) is 28.0 Å². The average molecular weight is 268 g/mol. The normalized spacial score (nSPS) is 10.7. The molecule has 20 heavy (non-hydrogen) atoms. The number of hydrogen-bond acceptors (Lipinski definition) is 5. The lowest BCUT2D eigenvalue weighted by Gasteiger charge is -2.00. The summed E-state index contributed by atoms with van der Waals surface area (Å²) in [7, 11) is 1.31. The van der Waals surface area contributed by atoms with Crippen molar-refractivity contribution in [2.75, 3.05) is 12.8 Å². The van der Waals surface area contributed by atoms with E-state index in [1.54, 1.807) is 18.6 Å². The maximum Gasteiger partial charge on any atom is 0.356 e. The molecule has 0 fully saturated rings. The molecule has 3 aromatic rings. The Bertz CT molecular complexity index is 780. The van der Waals surface area contributed by atoms with Gasteiger partial charge in [-0.2, -0.15) is 0 Å². The first kappa shape index (κ1) is 12.2. The van der Waals surface area contributed by atoms with Gasteiger partial charge >= 0.3 is 5.97 Å². The number of nitrogen functional groups attached to an aromatic ring is 1. The molecule has 0 amide bonds. The van der Waals surface area contributed by atoms with Crippen LogP contribution in [0.25, 0.3) is 22.2 Å². The van der Waals surface area contributed by atoms with E-state index in [9.17, 15) is 4.79 Å². The second kappa shape index (κ2) is 4.65. The van der Waals surface area contributed by atoms with Gasteiger partial charge in [0, 0.05) is 29.5 Å². The monoisotopic (exact) mass is 268 g/mol. The zero-order valence-electron chi connectivity index (χ0n) is 10.8. The maximum absolute atomic E-state index is 11.6. The van der Waals surface area contributed by atoms with Crippen LogP contribution in [0.2, 0.25) is 0 Å². The van der Waals surface area contributed by atoms with Crippen LogP contribution in [0, 0.1) is 0 Å². The van der Waals surface area contributed by atoms with Gasteiger partial charge in [-0.3, -0.25) is 4.98 Å². The molecular weight excluding hydrogens is 256 g/mol. The number of carbonyl (C=O) groups is 1. The van der Waals surface area contributed by atoms with Crippen LogP contribution in [0.3, 0.4) is 0 Å². The molecule has 0 aliphatic rings. The topological polar surface area (TPSA) is 93.9 Å². The number of anilines is 1. The number of esters is 1. The number of hydrogen-bond donors (Lipinski definition) is 2. The Kier molecular flexibility index (Phi) is 2.83. The average Bonchev–Trinajstić information content (AvgIpc) is 2.84. The van der Waals surface area contributed by atoms with E-state index in [1.807, 2.05) is 18.2 Å². The number of H-pyrrole nitrogens is 1. The first-order chi connectivity index (χ1) is 9.70. The molecule has 3 aromatic heterocycles. The molecule has 6 heteroatoms. The smallest absolute Gasteiger partial charge is 0.356 e. The number of methoxy groups -OCH3 is 1. The molecule has 0 spiro atoms. The number of nitrogens with two attached hydrogens (primary N) is 1. The van der Waals surface area contributed by atoms with Crippen molar-refractivity contribution in [2.45, 2.75) is 0 Å². The zero-order valence-corrected chi connectivity index (χ0v) is 10.8. The quantitative estimate of drug-likeness (QED) is 0.693. The highest BCUT2D eigenvalue weighted by Crippen LogP contribution is 2.28. The molecule has 0 bridgehead atoms. The number of rotatable bonds is 2. The number of carbonyl (C=O) groups excluding carboxylic acids is 1. The number of pyridine rings is 2.